The first kappa shape index (κ1) is 40.7. The first-order chi connectivity index (χ1) is 31.0. The number of aryl methyl sites for hydroxylation is 1. The normalized spacial score (nSPS) is 20.1. The highest BCUT2D eigenvalue weighted by Crippen LogP contribution is 2.67. The number of hydrogen-bond donors (Lipinski definition) is 0. The van der Waals surface area contributed by atoms with Gasteiger partial charge >= 0.3 is 0 Å². The van der Waals surface area contributed by atoms with Crippen molar-refractivity contribution in [3.05, 3.63) is 179 Å². The molecule has 4 heteroatoms. The number of ether oxygens (including phenoxy) is 3. The Hall–Kier alpha value is -6.10. The predicted octanol–water partition coefficient (Wildman–Crippen LogP) is 14.4. The Kier molecular flexibility index (Phi) is 9.70. The van der Waals surface area contributed by atoms with Gasteiger partial charge in [-0.05, 0) is 134 Å². The summed E-state index contributed by atoms with van der Waals surface area (Å²) in [6.45, 7) is 15.5. The summed E-state index contributed by atoms with van der Waals surface area (Å²) in [6.07, 6.45) is 9.12. The van der Waals surface area contributed by atoms with Gasteiger partial charge in [-0.1, -0.05) is 144 Å². The summed E-state index contributed by atoms with van der Waals surface area (Å²) in [6, 6.07) is 52.0. The second-order valence-corrected chi connectivity index (χ2v) is 20.4. The lowest BCUT2D eigenvalue weighted by molar-refractivity contribution is 0.0642. The Morgan fingerprint density at radius 3 is 1.89 bits per heavy atom. The van der Waals surface area contributed by atoms with Crippen LogP contribution in [0.2, 0.25) is 0 Å². The quantitative estimate of drug-likeness (QED) is 0.160. The fraction of sp³-hybridized carbons (Fsp3) is 0.300. The van der Waals surface area contributed by atoms with Crippen LogP contribution in [0.1, 0.15) is 87.3 Å². The molecule has 1 unspecified atom stereocenters. The Morgan fingerprint density at radius 1 is 0.625 bits per heavy atom. The molecular formula is C60H59NO3. The molecule has 1 spiro atoms. The molecular weight excluding hydrogens is 783 g/mol. The van der Waals surface area contributed by atoms with Crippen molar-refractivity contribution in [1.29, 1.82) is 0 Å². The highest BCUT2D eigenvalue weighted by atomic mass is 16.5. The van der Waals surface area contributed by atoms with E-state index in [1.54, 1.807) is 7.11 Å². The van der Waals surface area contributed by atoms with Crippen molar-refractivity contribution in [2.75, 3.05) is 38.3 Å². The third-order valence-corrected chi connectivity index (χ3v) is 14.8. The lowest BCUT2D eigenvalue weighted by atomic mass is 9.52. The molecule has 0 amide bonds. The monoisotopic (exact) mass is 841 g/mol. The van der Waals surface area contributed by atoms with Crippen molar-refractivity contribution < 1.29 is 14.2 Å². The van der Waals surface area contributed by atoms with E-state index in [2.05, 4.69) is 191 Å². The maximum atomic E-state index is 8.03. The Balaban J connectivity index is 1.24. The molecule has 0 radical (unpaired) electrons. The van der Waals surface area contributed by atoms with Gasteiger partial charge in [0, 0.05) is 46.3 Å². The van der Waals surface area contributed by atoms with E-state index in [0.717, 1.165) is 73.6 Å². The predicted molar refractivity (Wildman–Crippen MR) is 265 cm³/mol. The number of rotatable bonds is 7. The second kappa shape index (κ2) is 15.3. The van der Waals surface area contributed by atoms with Gasteiger partial charge in [0.1, 0.15) is 11.5 Å². The molecule has 4 aliphatic rings. The van der Waals surface area contributed by atoms with Gasteiger partial charge in [-0.3, -0.25) is 0 Å². The minimum Gasteiger partial charge on any atom is -0.497 e. The summed E-state index contributed by atoms with van der Waals surface area (Å²) in [5.41, 5.74) is 15.5. The van der Waals surface area contributed by atoms with E-state index in [1.807, 2.05) is 0 Å². The number of morpholine rings is 1. The van der Waals surface area contributed by atoms with Gasteiger partial charge in [-0.15, -0.1) is 0 Å². The third kappa shape index (κ3) is 6.59. The fourth-order valence-electron chi connectivity index (χ4n) is 12.8. The molecule has 2 aliphatic heterocycles. The molecule has 2 heterocycles. The smallest absolute Gasteiger partial charge is 0.178 e. The molecule has 7 aromatic rings. The maximum absolute atomic E-state index is 8.03. The van der Waals surface area contributed by atoms with Crippen LogP contribution in [-0.2, 0) is 22.2 Å². The van der Waals surface area contributed by atoms with Crippen LogP contribution in [0.3, 0.4) is 0 Å². The molecule has 322 valence electrons. The molecule has 0 N–H and O–H groups in total. The largest absolute Gasteiger partial charge is 0.497 e. The number of fused-ring (bicyclic) bond motifs is 10. The van der Waals surface area contributed by atoms with E-state index < -0.39 is 5.60 Å². The van der Waals surface area contributed by atoms with Crippen LogP contribution >= 0.6 is 0 Å². The van der Waals surface area contributed by atoms with Crippen molar-refractivity contribution >= 4 is 22.5 Å². The zero-order valence-corrected chi connectivity index (χ0v) is 38.3. The molecule has 1 atom stereocenters. The summed E-state index contributed by atoms with van der Waals surface area (Å²) in [7, 11) is 1.73. The number of nitrogens with zero attached hydrogens (tertiary/aromatic N) is 1. The number of hydrogen-bond acceptors (Lipinski definition) is 4. The van der Waals surface area contributed by atoms with Crippen molar-refractivity contribution in [3.63, 3.8) is 0 Å². The number of anilines is 1. The van der Waals surface area contributed by atoms with E-state index in [0.29, 0.717) is 0 Å². The van der Waals surface area contributed by atoms with E-state index in [4.69, 9.17) is 14.2 Å². The second-order valence-electron chi connectivity index (χ2n) is 20.4. The van der Waals surface area contributed by atoms with Gasteiger partial charge in [-0.25, -0.2) is 0 Å². The minimum atomic E-state index is -0.921. The van der Waals surface area contributed by atoms with Gasteiger partial charge in [0.25, 0.3) is 0 Å². The summed E-state index contributed by atoms with van der Waals surface area (Å²) in [5.74, 6) is 1.77. The lowest BCUT2D eigenvalue weighted by Crippen LogP contribution is -2.44. The molecule has 2 aliphatic carbocycles. The molecule has 1 saturated heterocycles. The topological polar surface area (TPSA) is 30.9 Å². The summed E-state index contributed by atoms with van der Waals surface area (Å²) in [5, 5.41) is 2.38. The van der Waals surface area contributed by atoms with Crippen LogP contribution in [0, 0.1) is 10.8 Å². The average molecular weight is 842 g/mol. The molecule has 2 fully saturated rings. The summed E-state index contributed by atoms with van der Waals surface area (Å²) in [4.78, 5) is 2.42. The van der Waals surface area contributed by atoms with Crippen LogP contribution in [0.15, 0.2) is 146 Å². The molecule has 7 aromatic carbocycles. The zero-order valence-electron chi connectivity index (χ0n) is 38.3. The zero-order chi connectivity index (χ0) is 43.8. The molecule has 0 bridgehead atoms. The average Bonchev–Trinajstić information content (AvgIpc) is 3.58. The SMILES string of the molecule is CCc1ccc(-c2cc3c4c(c5c(c3cc2-c2ccccc2)OC(c2ccc(OC)cc2)(c2ccc(N3CCOCC3)cc2)C=C5)C2(CC(C)(C)CC(C)(C)C2)c2ccccc2-4)cc1. The van der Waals surface area contributed by atoms with Crippen LogP contribution in [0.4, 0.5) is 5.69 Å². The van der Waals surface area contributed by atoms with Crippen molar-refractivity contribution in [1.82, 2.24) is 0 Å². The van der Waals surface area contributed by atoms with Gasteiger partial charge in [-0.2, -0.15) is 0 Å². The molecule has 1 saturated carbocycles. The standard InChI is InChI=1S/C60H59NO3/c1-7-40-17-19-42(20-18-40)49-35-51-52(36-50(49)41-13-9-8-10-14-41)56-48(55-54(51)47-15-11-12-16-53(47)59(55)38-57(2,3)37-58(4,5)39-59)29-30-60(64-56,44-23-27-46(62-6)28-24-44)43-21-25-45(26-22-43)61-31-33-63-34-32-61/h8-30,35-36H,7,31-34,37-39H2,1-6H3. The van der Waals surface area contributed by atoms with E-state index in [9.17, 15) is 0 Å². The van der Waals surface area contributed by atoms with Gasteiger partial charge < -0.3 is 19.1 Å². The Labute approximate surface area is 379 Å². The lowest BCUT2D eigenvalue weighted by Gasteiger charge is -2.52. The maximum Gasteiger partial charge on any atom is 0.178 e. The third-order valence-electron chi connectivity index (χ3n) is 14.8. The van der Waals surface area contributed by atoms with Crippen LogP contribution in [0.25, 0.3) is 50.2 Å². The van der Waals surface area contributed by atoms with Gasteiger partial charge in [0.05, 0.1) is 20.3 Å². The van der Waals surface area contributed by atoms with Crippen LogP contribution in [-0.4, -0.2) is 33.4 Å². The molecule has 0 aromatic heterocycles. The van der Waals surface area contributed by atoms with Crippen molar-refractivity contribution in [2.24, 2.45) is 10.8 Å². The summed E-state index contributed by atoms with van der Waals surface area (Å²) >= 11 is 0. The first-order valence-electron chi connectivity index (χ1n) is 23.4. The van der Waals surface area contributed by atoms with Gasteiger partial charge in [0.2, 0.25) is 0 Å². The van der Waals surface area contributed by atoms with Crippen LogP contribution < -0.4 is 14.4 Å². The first-order valence-corrected chi connectivity index (χ1v) is 23.4. The molecule has 64 heavy (non-hydrogen) atoms. The number of benzene rings is 7. The van der Waals surface area contributed by atoms with Gasteiger partial charge in [0.15, 0.2) is 5.60 Å². The van der Waals surface area contributed by atoms with E-state index >= 15 is 0 Å². The van der Waals surface area contributed by atoms with E-state index in [-0.39, 0.29) is 16.2 Å². The van der Waals surface area contributed by atoms with Crippen molar-refractivity contribution in [2.45, 2.75) is 71.3 Å². The fourth-order valence-corrected chi connectivity index (χ4v) is 12.8. The van der Waals surface area contributed by atoms with Crippen molar-refractivity contribution in [3.8, 4) is 44.9 Å². The van der Waals surface area contributed by atoms with E-state index in [1.165, 1.54) is 73.1 Å². The molecule has 4 nitrogen and oxygen atoms in total. The minimum absolute atomic E-state index is 0.121. The summed E-state index contributed by atoms with van der Waals surface area (Å²) < 4.78 is 19.5. The molecule has 11 rings (SSSR count). The van der Waals surface area contributed by atoms with Crippen LogP contribution in [0.5, 0.6) is 11.5 Å². The highest BCUT2D eigenvalue weighted by Gasteiger charge is 2.55. The number of methoxy groups -OCH3 is 1. The Morgan fingerprint density at radius 2 is 1.23 bits per heavy atom. The highest BCUT2D eigenvalue weighted by molar-refractivity contribution is 6.12. The Bertz CT molecular complexity index is 2900.